The van der Waals surface area contributed by atoms with Crippen LogP contribution in [-0.4, -0.2) is 82.7 Å². The Hall–Kier alpha value is -3.87. The smallest absolute Gasteiger partial charge is 0.254 e. The molecule has 2 aliphatic rings. The third kappa shape index (κ3) is 6.24. The second-order valence-corrected chi connectivity index (χ2v) is 13.0. The molecular formula is C32H37N5O3S. The average Bonchev–Trinajstić information content (AvgIpc) is 2.98. The molecule has 5 rings (SSSR count). The summed E-state index contributed by atoms with van der Waals surface area (Å²) in [5.74, 6) is 0.0257. The van der Waals surface area contributed by atoms with Crippen molar-refractivity contribution < 1.29 is 13.2 Å². The number of amides is 1. The van der Waals surface area contributed by atoms with Crippen LogP contribution in [0.2, 0.25) is 0 Å². The molecule has 3 aromatic carbocycles. The number of anilines is 2. The standard InChI is InChI=1S/C32H37N5O3S/c1-24-20-25(2)28(21-27(24)23-34-12-14-35(15-13-34)29-9-5-4-8-26(29)22-33)32(38)37-18-16-36(17-19-37)30-10-6-7-11-31(30)41(3,39)40/h4-11,20-21H,12-19,23H2,1-3H3. The average molecular weight is 572 g/mol. The first-order chi connectivity index (χ1) is 19.7. The maximum absolute atomic E-state index is 13.7. The molecule has 0 aliphatic carbocycles. The van der Waals surface area contributed by atoms with Gasteiger partial charge in [-0.3, -0.25) is 9.69 Å². The van der Waals surface area contributed by atoms with Crippen LogP contribution < -0.4 is 9.80 Å². The van der Waals surface area contributed by atoms with Crippen molar-refractivity contribution in [2.75, 3.05) is 68.4 Å². The molecular weight excluding hydrogens is 534 g/mol. The van der Waals surface area contributed by atoms with E-state index in [4.69, 9.17) is 0 Å². The minimum atomic E-state index is -3.34. The van der Waals surface area contributed by atoms with Gasteiger partial charge in [0.05, 0.1) is 21.8 Å². The molecule has 0 atom stereocenters. The number of hydrogen-bond donors (Lipinski definition) is 0. The Morgan fingerprint density at radius 3 is 2.05 bits per heavy atom. The van der Waals surface area contributed by atoms with E-state index in [2.05, 4.69) is 39.8 Å². The fourth-order valence-electron chi connectivity index (χ4n) is 5.88. The van der Waals surface area contributed by atoms with E-state index < -0.39 is 9.84 Å². The van der Waals surface area contributed by atoms with Crippen LogP contribution in [0.4, 0.5) is 11.4 Å². The van der Waals surface area contributed by atoms with Crippen LogP contribution >= 0.6 is 0 Å². The van der Waals surface area contributed by atoms with Crippen LogP contribution in [-0.2, 0) is 16.4 Å². The Morgan fingerprint density at radius 2 is 1.39 bits per heavy atom. The first kappa shape index (κ1) is 28.7. The summed E-state index contributed by atoms with van der Waals surface area (Å²) in [6.07, 6.45) is 1.23. The van der Waals surface area contributed by atoms with E-state index in [9.17, 15) is 18.5 Å². The normalized spacial score (nSPS) is 16.5. The summed E-state index contributed by atoms with van der Waals surface area (Å²) in [5, 5.41) is 9.48. The zero-order valence-electron chi connectivity index (χ0n) is 24.0. The second-order valence-electron chi connectivity index (χ2n) is 11.0. The molecule has 0 unspecified atom stereocenters. The van der Waals surface area contributed by atoms with Gasteiger partial charge in [-0.1, -0.05) is 30.3 Å². The summed E-state index contributed by atoms with van der Waals surface area (Å²) in [7, 11) is -3.34. The van der Waals surface area contributed by atoms with Gasteiger partial charge in [-0.05, 0) is 60.9 Å². The van der Waals surface area contributed by atoms with Crippen LogP contribution in [0, 0.1) is 25.2 Å². The van der Waals surface area contributed by atoms with E-state index in [0.717, 1.165) is 55.1 Å². The lowest BCUT2D eigenvalue weighted by Crippen LogP contribution is -2.49. The molecule has 2 fully saturated rings. The number of carbonyl (C=O) groups is 1. The number of nitriles is 1. The predicted octanol–water partition coefficient (Wildman–Crippen LogP) is 3.86. The largest absolute Gasteiger partial charge is 0.368 e. The van der Waals surface area contributed by atoms with Gasteiger partial charge >= 0.3 is 0 Å². The molecule has 0 aromatic heterocycles. The van der Waals surface area contributed by atoms with Gasteiger partial charge in [0, 0.05) is 70.7 Å². The number of hydrogen-bond acceptors (Lipinski definition) is 7. The molecule has 8 nitrogen and oxygen atoms in total. The van der Waals surface area contributed by atoms with E-state index in [1.807, 2.05) is 48.2 Å². The van der Waals surface area contributed by atoms with Crippen molar-refractivity contribution in [3.8, 4) is 6.07 Å². The highest BCUT2D eigenvalue weighted by atomic mass is 32.2. The molecule has 9 heteroatoms. The van der Waals surface area contributed by atoms with Crippen molar-refractivity contribution in [3.63, 3.8) is 0 Å². The predicted molar refractivity (Wildman–Crippen MR) is 162 cm³/mol. The molecule has 214 valence electrons. The lowest BCUT2D eigenvalue weighted by molar-refractivity contribution is 0.0745. The second kappa shape index (κ2) is 11.9. The summed E-state index contributed by atoms with van der Waals surface area (Å²) in [6, 6.07) is 21.3. The lowest BCUT2D eigenvalue weighted by atomic mass is 9.98. The lowest BCUT2D eigenvalue weighted by Gasteiger charge is -2.37. The number of aryl methyl sites for hydroxylation is 2. The number of sulfone groups is 1. The number of carbonyl (C=O) groups excluding carboxylic acids is 1. The van der Waals surface area contributed by atoms with Crippen molar-refractivity contribution in [3.05, 3.63) is 88.5 Å². The van der Waals surface area contributed by atoms with Crippen molar-refractivity contribution in [2.24, 2.45) is 0 Å². The summed E-state index contributed by atoms with van der Waals surface area (Å²) in [6.45, 7) is 10.6. The number of para-hydroxylation sites is 2. The Bertz CT molecular complexity index is 1580. The summed E-state index contributed by atoms with van der Waals surface area (Å²) < 4.78 is 24.6. The molecule has 1 amide bonds. The molecule has 0 saturated carbocycles. The quantitative estimate of drug-likeness (QED) is 0.444. The van der Waals surface area contributed by atoms with Crippen molar-refractivity contribution in [2.45, 2.75) is 25.3 Å². The van der Waals surface area contributed by atoms with Gasteiger partial charge in [0.25, 0.3) is 5.91 Å². The summed E-state index contributed by atoms with van der Waals surface area (Å²) >= 11 is 0. The minimum absolute atomic E-state index is 0.0257. The Balaban J connectivity index is 1.24. The van der Waals surface area contributed by atoms with Gasteiger partial charge in [0.1, 0.15) is 6.07 Å². The Kier molecular flexibility index (Phi) is 8.34. The number of nitrogens with zero attached hydrogens (tertiary/aromatic N) is 5. The molecule has 0 N–H and O–H groups in total. The first-order valence-corrected chi connectivity index (χ1v) is 15.9. The topological polar surface area (TPSA) is 88.0 Å². The third-order valence-corrected chi connectivity index (χ3v) is 9.36. The molecule has 0 spiro atoms. The molecule has 2 heterocycles. The molecule has 0 radical (unpaired) electrons. The van der Waals surface area contributed by atoms with Gasteiger partial charge in [-0.25, -0.2) is 8.42 Å². The SMILES string of the molecule is Cc1cc(C)c(C(=O)N2CCN(c3ccccc3S(C)(=O)=O)CC2)cc1CN1CCN(c2ccccc2C#N)CC1. The number of rotatable bonds is 6. The monoisotopic (exact) mass is 571 g/mol. The van der Waals surface area contributed by atoms with Crippen LogP contribution in [0.1, 0.15) is 32.6 Å². The third-order valence-electron chi connectivity index (χ3n) is 8.22. The maximum atomic E-state index is 13.7. The maximum Gasteiger partial charge on any atom is 0.254 e. The highest BCUT2D eigenvalue weighted by molar-refractivity contribution is 7.90. The van der Waals surface area contributed by atoms with Crippen molar-refractivity contribution in [1.82, 2.24) is 9.80 Å². The highest BCUT2D eigenvalue weighted by Crippen LogP contribution is 2.27. The van der Waals surface area contributed by atoms with Crippen molar-refractivity contribution in [1.29, 1.82) is 5.26 Å². The molecule has 41 heavy (non-hydrogen) atoms. The molecule has 0 bridgehead atoms. The fraction of sp³-hybridized carbons (Fsp3) is 0.375. The van der Waals surface area contributed by atoms with Gasteiger partial charge in [-0.15, -0.1) is 0 Å². The van der Waals surface area contributed by atoms with E-state index >= 15 is 0 Å². The molecule has 3 aromatic rings. The Labute approximate surface area is 243 Å². The van der Waals surface area contributed by atoms with E-state index in [0.29, 0.717) is 42.3 Å². The fourth-order valence-corrected chi connectivity index (χ4v) is 6.79. The van der Waals surface area contributed by atoms with Gasteiger partial charge in [-0.2, -0.15) is 5.26 Å². The zero-order valence-corrected chi connectivity index (χ0v) is 24.8. The van der Waals surface area contributed by atoms with E-state index in [-0.39, 0.29) is 5.91 Å². The number of benzene rings is 3. The van der Waals surface area contributed by atoms with Gasteiger partial charge in [0.15, 0.2) is 9.84 Å². The first-order valence-electron chi connectivity index (χ1n) is 14.1. The zero-order chi connectivity index (χ0) is 29.1. The van der Waals surface area contributed by atoms with Gasteiger partial charge in [0.2, 0.25) is 0 Å². The van der Waals surface area contributed by atoms with Crippen LogP contribution in [0.15, 0.2) is 65.6 Å². The van der Waals surface area contributed by atoms with Gasteiger partial charge < -0.3 is 14.7 Å². The van der Waals surface area contributed by atoms with E-state index in [1.54, 1.807) is 12.1 Å². The van der Waals surface area contributed by atoms with Crippen LogP contribution in [0.25, 0.3) is 0 Å². The summed E-state index contributed by atoms with van der Waals surface area (Å²) in [5.41, 5.74) is 6.44. The Morgan fingerprint density at radius 1 is 0.805 bits per heavy atom. The number of piperazine rings is 2. The molecule has 2 saturated heterocycles. The van der Waals surface area contributed by atoms with Crippen LogP contribution in [0.5, 0.6) is 0 Å². The van der Waals surface area contributed by atoms with Crippen molar-refractivity contribution >= 4 is 27.1 Å². The van der Waals surface area contributed by atoms with E-state index in [1.165, 1.54) is 11.8 Å². The summed E-state index contributed by atoms with van der Waals surface area (Å²) in [4.78, 5) is 22.6. The highest BCUT2D eigenvalue weighted by Gasteiger charge is 2.27. The minimum Gasteiger partial charge on any atom is -0.368 e. The van der Waals surface area contributed by atoms with Crippen LogP contribution in [0.3, 0.4) is 0 Å². The molecule has 2 aliphatic heterocycles.